The first kappa shape index (κ1) is 23.7. The molecule has 1 amide bonds. The van der Waals surface area contributed by atoms with E-state index >= 15 is 0 Å². The molecule has 0 spiro atoms. The Morgan fingerprint density at radius 3 is 2.71 bits per heavy atom. The topological polar surface area (TPSA) is 94.6 Å². The summed E-state index contributed by atoms with van der Waals surface area (Å²) in [5, 5.41) is 17.4. The first-order valence-corrected chi connectivity index (χ1v) is 12.3. The zero-order valence-electron chi connectivity index (χ0n) is 20.4. The number of ether oxygens (including phenoxy) is 1. The van der Waals surface area contributed by atoms with E-state index in [1.807, 2.05) is 11.8 Å². The number of benzene rings is 1. The number of carbonyl (C=O) groups is 1. The van der Waals surface area contributed by atoms with Crippen molar-refractivity contribution in [3.8, 4) is 17.0 Å². The van der Waals surface area contributed by atoms with Gasteiger partial charge in [0, 0.05) is 56.6 Å². The van der Waals surface area contributed by atoms with Crippen LogP contribution in [0, 0.1) is 18.7 Å². The van der Waals surface area contributed by atoms with Gasteiger partial charge in [0.25, 0.3) is 5.91 Å². The fraction of sp³-hybridized carbons (Fsp3) is 0.500. The smallest absolute Gasteiger partial charge is 0.255 e. The molecule has 35 heavy (non-hydrogen) atoms. The summed E-state index contributed by atoms with van der Waals surface area (Å²) in [6.45, 7) is 10.2. The summed E-state index contributed by atoms with van der Waals surface area (Å²) in [5.41, 5.74) is 2.11. The van der Waals surface area contributed by atoms with Crippen molar-refractivity contribution in [1.29, 1.82) is 0 Å². The van der Waals surface area contributed by atoms with Crippen molar-refractivity contribution in [3.63, 3.8) is 0 Å². The van der Waals surface area contributed by atoms with E-state index < -0.39 is 5.82 Å². The molecule has 186 valence electrons. The van der Waals surface area contributed by atoms with Crippen molar-refractivity contribution in [2.45, 2.75) is 45.7 Å². The van der Waals surface area contributed by atoms with E-state index in [2.05, 4.69) is 33.9 Å². The molecule has 0 saturated carbocycles. The Morgan fingerprint density at radius 2 is 1.97 bits per heavy atom. The van der Waals surface area contributed by atoms with Crippen molar-refractivity contribution >= 4 is 16.9 Å². The predicted octanol–water partition coefficient (Wildman–Crippen LogP) is 3.74. The molecular weight excluding hydrogens is 449 g/mol. The monoisotopic (exact) mass is 481 g/mol. The van der Waals surface area contributed by atoms with Crippen LogP contribution in [0.4, 0.5) is 4.39 Å². The van der Waals surface area contributed by atoms with Gasteiger partial charge in [0.1, 0.15) is 11.6 Å². The van der Waals surface area contributed by atoms with E-state index in [1.165, 1.54) is 12.1 Å². The van der Waals surface area contributed by atoms with Gasteiger partial charge in [0.05, 0.1) is 22.3 Å². The van der Waals surface area contributed by atoms with Gasteiger partial charge in [0.2, 0.25) is 0 Å². The van der Waals surface area contributed by atoms with Crippen molar-refractivity contribution in [2.75, 3.05) is 32.8 Å². The number of aromatic amines is 1. The highest BCUT2D eigenvalue weighted by Gasteiger charge is 2.35. The third-order valence-corrected chi connectivity index (χ3v) is 7.38. The van der Waals surface area contributed by atoms with Gasteiger partial charge < -0.3 is 14.7 Å². The van der Waals surface area contributed by atoms with Gasteiger partial charge >= 0.3 is 0 Å². The van der Waals surface area contributed by atoms with Crippen LogP contribution in [0.15, 0.2) is 24.3 Å². The Balaban J connectivity index is 1.44. The van der Waals surface area contributed by atoms with Crippen molar-refractivity contribution < 1.29 is 19.0 Å². The highest BCUT2D eigenvalue weighted by atomic mass is 19.1. The molecule has 2 fully saturated rings. The fourth-order valence-corrected chi connectivity index (χ4v) is 5.35. The number of nitrogens with one attached hydrogen (secondary N) is 1. The number of aryl methyl sites for hydroxylation is 1. The maximum atomic E-state index is 14.6. The Morgan fingerprint density at radius 1 is 1.20 bits per heavy atom. The molecule has 2 saturated heterocycles. The Kier molecular flexibility index (Phi) is 6.46. The van der Waals surface area contributed by atoms with E-state index in [9.17, 15) is 14.3 Å². The number of H-pyrrole nitrogens is 1. The van der Waals surface area contributed by atoms with Crippen LogP contribution in [0.2, 0.25) is 0 Å². The van der Waals surface area contributed by atoms with Crippen LogP contribution in [0.3, 0.4) is 0 Å². The molecule has 1 aromatic carbocycles. The first-order chi connectivity index (χ1) is 16.8. The van der Waals surface area contributed by atoms with Crippen molar-refractivity contribution in [3.05, 3.63) is 41.3 Å². The van der Waals surface area contributed by atoms with E-state index in [0.717, 1.165) is 45.2 Å². The summed E-state index contributed by atoms with van der Waals surface area (Å²) in [5.74, 6) is -0.234. The van der Waals surface area contributed by atoms with E-state index in [-0.39, 0.29) is 29.3 Å². The first-order valence-electron chi connectivity index (χ1n) is 12.3. The SMILES string of the molecule is Cc1n[nH]c2nc(-c3ccc(O)cc3F)cc(C(=O)N3C[C@@H](C)N(CC4CCOCC4)C[C@@H]3C)c12. The minimum absolute atomic E-state index is 0.0304. The number of hydrogen-bond acceptors (Lipinski definition) is 6. The second kappa shape index (κ2) is 9.54. The zero-order chi connectivity index (χ0) is 24.7. The standard InChI is InChI=1S/C26H32FN5O3/c1-15-13-32(16(2)12-31(15)14-18-6-8-35-9-7-18)26(34)21-11-23(20-5-4-19(33)10-22(20)27)28-25-24(21)17(3)29-30-25/h4-5,10-11,15-16,18,33H,6-9,12-14H2,1-3H3,(H,28,29,30)/t15-,16+/m1/s1. The summed E-state index contributed by atoms with van der Waals surface area (Å²) in [6.07, 6.45) is 2.18. The number of phenolic OH excluding ortho intramolecular Hbond substituents is 1. The minimum Gasteiger partial charge on any atom is -0.508 e. The molecule has 0 bridgehead atoms. The Hall–Kier alpha value is -3.04. The lowest BCUT2D eigenvalue weighted by Crippen LogP contribution is -2.58. The molecule has 2 aliphatic heterocycles. The van der Waals surface area contributed by atoms with Gasteiger partial charge in [-0.25, -0.2) is 9.37 Å². The number of aromatic hydroxyl groups is 1. The van der Waals surface area contributed by atoms with Crippen LogP contribution in [0.25, 0.3) is 22.3 Å². The third-order valence-electron chi connectivity index (χ3n) is 7.38. The van der Waals surface area contributed by atoms with Gasteiger partial charge in [-0.05, 0) is 57.7 Å². The Bertz CT molecular complexity index is 1240. The number of fused-ring (bicyclic) bond motifs is 1. The number of phenols is 1. The van der Waals surface area contributed by atoms with Crippen molar-refractivity contribution in [1.82, 2.24) is 25.0 Å². The highest BCUT2D eigenvalue weighted by molar-refractivity contribution is 6.07. The van der Waals surface area contributed by atoms with Crippen LogP contribution >= 0.6 is 0 Å². The van der Waals surface area contributed by atoms with Crippen LogP contribution in [-0.2, 0) is 4.74 Å². The molecule has 2 aromatic heterocycles. The van der Waals surface area contributed by atoms with Gasteiger partial charge in [-0.1, -0.05) is 0 Å². The van der Waals surface area contributed by atoms with Gasteiger partial charge in [-0.15, -0.1) is 0 Å². The van der Waals surface area contributed by atoms with Crippen molar-refractivity contribution in [2.24, 2.45) is 5.92 Å². The maximum absolute atomic E-state index is 14.6. The number of carbonyl (C=O) groups excluding carboxylic acids is 1. The normalized spacial score (nSPS) is 22.1. The average Bonchev–Trinajstić information content (AvgIpc) is 3.21. The lowest BCUT2D eigenvalue weighted by Gasteiger charge is -2.45. The molecule has 8 nitrogen and oxygen atoms in total. The second-order valence-corrected chi connectivity index (χ2v) is 9.92. The molecule has 3 aromatic rings. The molecule has 5 rings (SSSR count). The molecule has 0 radical (unpaired) electrons. The summed E-state index contributed by atoms with van der Waals surface area (Å²) in [6, 6.07) is 5.83. The largest absolute Gasteiger partial charge is 0.508 e. The lowest BCUT2D eigenvalue weighted by atomic mass is 9.97. The minimum atomic E-state index is -0.602. The molecule has 2 atom stereocenters. The second-order valence-electron chi connectivity index (χ2n) is 9.92. The number of aromatic nitrogens is 3. The highest BCUT2D eigenvalue weighted by Crippen LogP contribution is 2.31. The molecule has 4 heterocycles. The van der Waals surface area contributed by atoms with Crippen LogP contribution in [0.1, 0.15) is 42.7 Å². The third kappa shape index (κ3) is 4.62. The quantitative estimate of drug-likeness (QED) is 0.590. The molecular formula is C26H32FN5O3. The number of rotatable bonds is 4. The molecule has 2 aliphatic rings. The van der Waals surface area contributed by atoms with E-state index in [1.54, 1.807) is 6.07 Å². The summed E-state index contributed by atoms with van der Waals surface area (Å²) >= 11 is 0. The molecule has 2 N–H and O–H groups in total. The lowest BCUT2D eigenvalue weighted by molar-refractivity contribution is 0.00945. The Labute approximate surface area is 204 Å². The molecule has 9 heteroatoms. The summed E-state index contributed by atoms with van der Waals surface area (Å²) < 4.78 is 20.2. The maximum Gasteiger partial charge on any atom is 0.255 e. The number of hydrogen-bond donors (Lipinski definition) is 2. The summed E-state index contributed by atoms with van der Waals surface area (Å²) in [7, 11) is 0. The molecule has 0 unspecified atom stereocenters. The van der Waals surface area contributed by atoms with Crippen LogP contribution in [0.5, 0.6) is 5.75 Å². The van der Waals surface area contributed by atoms with Crippen LogP contribution in [-0.4, -0.2) is 80.9 Å². The number of nitrogens with zero attached hydrogens (tertiary/aromatic N) is 4. The van der Waals surface area contributed by atoms with Gasteiger partial charge in [0.15, 0.2) is 5.65 Å². The summed E-state index contributed by atoms with van der Waals surface area (Å²) in [4.78, 5) is 22.9. The number of piperazine rings is 1. The van der Waals surface area contributed by atoms with Gasteiger partial charge in [-0.3, -0.25) is 14.8 Å². The molecule has 0 aliphatic carbocycles. The van der Waals surface area contributed by atoms with E-state index in [4.69, 9.17) is 4.74 Å². The zero-order valence-corrected chi connectivity index (χ0v) is 20.4. The predicted molar refractivity (Wildman–Crippen MR) is 131 cm³/mol. The van der Waals surface area contributed by atoms with Gasteiger partial charge in [-0.2, -0.15) is 5.10 Å². The number of amides is 1. The van der Waals surface area contributed by atoms with Crippen LogP contribution < -0.4 is 0 Å². The fourth-order valence-electron chi connectivity index (χ4n) is 5.35. The number of pyridine rings is 1. The van der Waals surface area contributed by atoms with E-state index in [0.29, 0.717) is 40.4 Å². The number of halogens is 1. The average molecular weight is 482 g/mol.